The van der Waals surface area contributed by atoms with Gasteiger partial charge in [0.05, 0.1) is 6.54 Å². The first-order chi connectivity index (χ1) is 16.3. The van der Waals surface area contributed by atoms with Crippen molar-refractivity contribution in [2.24, 2.45) is 50.8 Å². The average molecular weight is 472 g/mol. The molecule has 0 N–H and O–H groups in total. The van der Waals surface area contributed by atoms with Crippen LogP contribution in [-0.2, 0) is 23.9 Å². The lowest BCUT2D eigenvalue weighted by atomic mass is 9.42. The summed E-state index contributed by atoms with van der Waals surface area (Å²) in [5.41, 5.74) is 0.243. The van der Waals surface area contributed by atoms with Crippen LogP contribution in [0.25, 0.3) is 0 Å². The molecule has 0 amide bonds. The molecule has 188 valence electrons. The van der Waals surface area contributed by atoms with Gasteiger partial charge in [-0.25, -0.2) is 9.79 Å². The van der Waals surface area contributed by atoms with Gasteiger partial charge in [-0.2, -0.15) is 0 Å². The maximum atomic E-state index is 11.6. The molecule has 0 aliphatic heterocycles. The van der Waals surface area contributed by atoms with Crippen LogP contribution in [-0.4, -0.2) is 37.8 Å². The molecule has 4 fully saturated rings. The lowest BCUT2D eigenvalue weighted by Crippen LogP contribution is -2.60. The van der Waals surface area contributed by atoms with Crippen molar-refractivity contribution in [1.29, 1.82) is 0 Å². The third-order valence-corrected chi connectivity index (χ3v) is 11.4. The Bertz CT molecular complexity index is 839. The van der Waals surface area contributed by atoms with Crippen LogP contribution in [0.5, 0.6) is 0 Å². The summed E-state index contributed by atoms with van der Waals surface area (Å²) in [5.74, 6) is 2.07. The second-order valence-electron chi connectivity index (χ2n) is 12.0. The van der Waals surface area contributed by atoms with Gasteiger partial charge < -0.3 is 9.47 Å². The maximum absolute atomic E-state index is 11.6. The minimum absolute atomic E-state index is 0.0139. The first kappa shape index (κ1) is 25.2. The average Bonchev–Trinajstić information content (AvgIpc) is 3.13. The quantitative estimate of drug-likeness (QED) is 0.198. The van der Waals surface area contributed by atoms with E-state index in [1.165, 1.54) is 0 Å². The van der Waals surface area contributed by atoms with Gasteiger partial charge in [0.1, 0.15) is 12.2 Å². The molecule has 6 nitrogen and oxygen atoms in total. The molecule has 0 aromatic heterocycles. The van der Waals surface area contributed by atoms with Crippen LogP contribution in [0.2, 0.25) is 0 Å². The molecule has 0 aromatic rings. The number of ether oxygens (including phenoxy) is 2. The fourth-order valence-corrected chi connectivity index (χ4v) is 9.59. The first-order valence-electron chi connectivity index (χ1n) is 13.2. The molecule has 4 aliphatic carbocycles. The normalized spacial score (nSPS) is 46.0. The monoisotopic (exact) mass is 471 g/mol. The topological polar surface area (TPSA) is 82.0 Å². The zero-order valence-electron chi connectivity index (χ0n) is 21.0. The number of rotatable bonds is 9. The Hall–Kier alpha value is -1.94. The van der Waals surface area contributed by atoms with E-state index >= 15 is 0 Å². The van der Waals surface area contributed by atoms with E-state index in [9.17, 15) is 14.4 Å². The first-order valence-corrected chi connectivity index (χ1v) is 13.2. The van der Waals surface area contributed by atoms with Gasteiger partial charge in [0.15, 0.2) is 0 Å². The minimum Gasteiger partial charge on any atom is -0.465 e. The van der Waals surface area contributed by atoms with Crippen molar-refractivity contribution >= 4 is 19.0 Å². The lowest BCUT2D eigenvalue weighted by Gasteiger charge is -2.64. The van der Waals surface area contributed by atoms with Crippen molar-refractivity contribution < 1.29 is 23.9 Å². The number of isocyanates is 1. The van der Waals surface area contributed by atoms with E-state index in [0.29, 0.717) is 49.1 Å². The molecular formula is C28H41NO5. The fraction of sp³-hybridized carbons (Fsp3) is 0.821. The van der Waals surface area contributed by atoms with Crippen molar-refractivity contribution in [3.05, 3.63) is 12.7 Å². The Morgan fingerprint density at radius 2 is 1.79 bits per heavy atom. The highest BCUT2D eigenvalue weighted by atomic mass is 16.5. The zero-order valence-corrected chi connectivity index (χ0v) is 21.0. The van der Waals surface area contributed by atoms with Gasteiger partial charge in [-0.3, -0.25) is 9.59 Å². The Morgan fingerprint density at radius 3 is 2.47 bits per heavy atom. The van der Waals surface area contributed by atoms with Crippen molar-refractivity contribution in [3.8, 4) is 0 Å². The third kappa shape index (κ3) is 3.68. The number of aliphatic imine (C=N–C) groups is 1. The van der Waals surface area contributed by atoms with Crippen molar-refractivity contribution in [1.82, 2.24) is 0 Å². The van der Waals surface area contributed by atoms with Gasteiger partial charge >= 0.3 is 0 Å². The molecule has 0 radical (unpaired) electrons. The summed E-state index contributed by atoms with van der Waals surface area (Å²) in [6.07, 6.45) is 12.8. The van der Waals surface area contributed by atoms with Crippen LogP contribution in [0.4, 0.5) is 0 Å². The summed E-state index contributed by atoms with van der Waals surface area (Å²) >= 11 is 0. The summed E-state index contributed by atoms with van der Waals surface area (Å²) < 4.78 is 11.2. The largest absolute Gasteiger partial charge is 0.465 e. The third-order valence-electron chi connectivity index (χ3n) is 11.4. The Balaban J connectivity index is 1.65. The smallest absolute Gasteiger partial charge is 0.293 e. The maximum Gasteiger partial charge on any atom is 0.293 e. The van der Waals surface area contributed by atoms with E-state index in [2.05, 4.69) is 38.4 Å². The standard InChI is InChI=1S/C28H41NO5/c1-5-28(19(2)9-13-29-16-30)12-8-23-25-22(7-11-27(23,28)4)26(3)10-6-21(33-17-31)14-20(26)15-24(25)34-18-32/h5,17-25H,1,6-15H2,2-4H3/t19-,20?,21-,22?,23?,24-,25?,26+,27+,28-/m1/s1. The van der Waals surface area contributed by atoms with E-state index in [1.807, 2.05) is 0 Å². The molecule has 0 aromatic carbocycles. The van der Waals surface area contributed by atoms with E-state index < -0.39 is 0 Å². The second kappa shape index (κ2) is 9.60. The molecule has 0 bridgehead atoms. The molecule has 0 saturated heterocycles. The molecule has 4 rings (SSSR count). The van der Waals surface area contributed by atoms with E-state index in [0.717, 1.165) is 57.8 Å². The highest BCUT2D eigenvalue weighted by Crippen LogP contribution is 2.72. The summed E-state index contributed by atoms with van der Waals surface area (Å²) in [6, 6.07) is 0. The molecular weight excluding hydrogens is 430 g/mol. The van der Waals surface area contributed by atoms with Crippen LogP contribution in [0.1, 0.15) is 78.6 Å². The fourth-order valence-electron chi connectivity index (χ4n) is 9.59. The molecule has 4 aliphatic rings. The predicted molar refractivity (Wildman–Crippen MR) is 128 cm³/mol. The van der Waals surface area contributed by atoms with Gasteiger partial charge in [0, 0.05) is 5.92 Å². The summed E-state index contributed by atoms with van der Waals surface area (Å²) in [5, 5.41) is 0. The van der Waals surface area contributed by atoms with Gasteiger partial charge in [0.25, 0.3) is 12.9 Å². The Morgan fingerprint density at radius 1 is 1.06 bits per heavy atom. The van der Waals surface area contributed by atoms with Crippen LogP contribution < -0.4 is 0 Å². The van der Waals surface area contributed by atoms with E-state index in [-0.39, 0.29) is 28.5 Å². The van der Waals surface area contributed by atoms with Gasteiger partial charge in [-0.15, -0.1) is 6.58 Å². The second-order valence-corrected chi connectivity index (χ2v) is 12.0. The number of hydrogen-bond acceptors (Lipinski definition) is 6. The number of allylic oxidation sites excluding steroid dienone is 1. The Kier molecular flexibility index (Phi) is 7.11. The molecule has 0 heterocycles. The number of carbonyl (C=O) groups excluding carboxylic acids is 3. The SMILES string of the molecule is C=C[C@]1([C@H](C)CCN=C=O)CCC2C3C(CC[C@@]21C)[C@@]1(C)CC[C@@H](OC=O)CC1C[C@H]3OC=O. The number of nitrogens with zero attached hydrogens (tertiary/aromatic N) is 1. The number of fused-ring (bicyclic) bond motifs is 5. The van der Waals surface area contributed by atoms with Crippen molar-refractivity contribution in [2.75, 3.05) is 6.54 Å². The van der Waals surface area contributed by atoms with Gasteiger partial charge in [0.2, 0.25) is 6.08 Å². The molecule has 4 saturated carbocycles. The van der Waals surface area contributed by atoms with E-state index in [4.69, 9.17) is 9.47 Å². The molecule has 4 unspecified atom stereocenters. The van der Waals surface area contributed by atoms with Crippen LogP contribution in [0.15, 0.2) is 17.6 Å². The highest BCUT2D eigenvalue weighted by Gasteiger charge is 2.67. The summed E-state index contributed by atoms with van der Waals surface area (Å²) in [7, 11) is 0. The van der Waals surface area contributed by atoms with Crippen molar-refractivity contribution in [3.63, 3.8) is 0 Å². The summed E-state index contributed by atoms with van der Waals surface area (Å²) in [6.45, 7) is 13.2. The van der Waals surface area contributed by atoms with Crippen molar-refractivity contribution in [2.45, 2.75) is 90.8 Å². The van der Waals surface area contributed by atoms with Crippen LogP contribution >= 0.6 is 0 Å². The molecule has 10 atom stereocenters. The van der Waals surface area contributed by atoms with Crippen LogP contribution in [0.3, 0.4) is 0 Å². The van der Waals surface area contributed by atoms with Gasteiger partial charge in [-0.1, -0.05) is 26.8 Å². The minimum atomic E-state index is -0.0873. The highest BCUT2D eigenvalue weighted by molar-refractivity contribution is 5.38. The predicted octanol–water partition coefficient (Wildman–Crippen LogP) is 5.26. The van der Waals surface area contributed by atoms with Gasteiger partial charge in [-0.05, 0) is 97.7 Å². The summed E-state index contributed by atoms with van der Waals surface area (Å²) in [4.78, 5) is 37.0. The molecule has 0 spiro atoms. The van der Waals surface area contributed by atoms with E-state index in [1.54, 1.807) is 6.08 Å². The Labute approximate surface area is 203 Å². The lowest BCUT2D eigenvalue weighted by molar-refractivity contribution is -0.193. The molecule has 6 heteroatoms. The number of carbonyl (C=O) groups is 2. The molecule has 34 heavy (non-hydrogen) atoms. The number of hydrogen-bond donors (Lipinski definition) is 0. The van der Waals surface area contributed by atoms with Crippen LogP contribution in [0, 0.1) is 45.8 Å². The zero-order chi connectivity index (χ0) is 24.6.